The minimum absolute atomic E-state index is 0.105. The molecule has 1 amide bonds. The first kappa shape index (κ1) is 17.1. The molecule has 0 saturated carbocycles. The van der Waals surface area contributed by atoms with Gasteiger partial charge in [0.2, 0.25) is 0 Å². The van der Waals surface area contributed by atoms with Crippen LogP contribution in [0.3, 0.4) is 0 Å². The van der Waals surface area contributed by atoms with Crippen molar-refractivity contribution in [2.45, 2.75) is 25.6 Å². The molecule has 0 spiro atoms. The van der Waals surface area contributed by atoms with Crippen LogP contribution in [-0.4, -0.2) is 43.5 Å². The van der Waals surface area contributed by atoms with Gasteiger partial charge >= 0.3 is 0 Å². The lowest BCUT2D eigenvalue weighted by Crippen LogP contribution is -2.57. The van der Waals surface area contributed by atoms with Crippen LogP contribution in [0, 0.1) is 0 Å². The van der Waals surface area contributed by atoms with Crippen LogP contribution in [0.5, 0.6) is 5.75 Å². The van der Waals surface area contributed by atoms with E-state index in [1.165, 1.54) is 5.56 Å². The van der Waals surface area contributed by atoms with Crippen LogP contribution in [0.15, 0.2) is 53.6 Å². The second-order valence-electron chi connectivity index (χ2n) is 7.42. The van der Waals surface area contributed by atoms with Gasteiger partial charge in [0.25, 0.3) is 5.91 Å². The van der Waals surface area contributed by atoms with E-state index in [9.17, 15) is 4.79 Å². The van der Waals surface area contributed by atoms with E-state index in [-0.39, 0.29) is 11.9 Å². The third-order valence-corrected chi connectivity index (χ3v) is 5.63. The molecule has 2 aromatic carbocycles. The number of hydrogen-bond acceptors (Lipinski definition) is 6. The van der Waals surface area contributed by atoms with Crippen LogP contribution in [0.1, 0.15) is 12.5 Å². The highest BCUT2D eigenvalue weighted by Gasteiger charge is 2.36. The summed E-state index contributed by atoms with van der Waals surface area (Å²) in [6.07, 6.45) is 0. The lowest BCUT2D eigenvalue weighted by molar-refractivity contribution is -0.122. The van der Waals surface area contributed by atoms with Gasteiger partial charge in [0, 0.05) is 25.3 Å². The molecular formula is C21H23N5O2. The van der Waals surface area contributed by atoms with Crippen molar-refractivity contribution in [3.05, 3.63) is 54.1 Å². The first-order chi connectivity index (χ1) is 13.7. The van der Waals surface area contributed by atoms with E-state index in [2.05, 4.69) is 57.1 Å². The molecule has 3 heterocycles. The Morgan fingerprint density at radius 1 is 1.21 bits per heavy atom. The maximum atomic E-state index is 12.2. The Morgan fingerprint density at radius 2 is 2.04 bits per heavy atom. The molecular weight excluding hydrogens is 354 g/mol. The molecule has 2 aromatic rings. The van der Waals surface area contributed by atoms with Crippen molar-refractivity contribution in [1.82, 2.24) is 10.7 Å². The van der Waals surface area contributed by atoms with Crippen molar-refractivity contribution in [3.8, 4) is 5.75 Å². The van der Waals surface area contributed by atoms with Crippen molar-refractivity contribution in [2.75, 3.05) is 29.5 Å². The number of amidine groups is 1. The van der Waals surface area contributed by atoms with E-state index in [0.29, 0.717) is 12.6 Å². The second-order valence-corrected chi connectivity index (χ2v) is 7.42. The molecule has 3 aliphatic rings. The molecule has 7 heteroatoms. The Bertz CT molecular complexity index is 926. The number of carbonyl (C=O) groups is 1. The number of hydrazone groups is 1. The maximum absolute atomic E-state index is 12.2. The van der Waals surface area contributed by atoms with Crippen LogP contribution >= 0.6 is 0 Å². The normalized spacial score (nSPS) is 20.9. The van der Waals surface area contributed by atoms with Crippen LogP contribution in [0.25, 0.3) is 0 Å². The number of carbonyl (C=O) groups excluding carboxylic acids is 1. The number of nitrogens with zero attached hydrogens (tertiary/aromatic N) is 3. The molecule has 1 unspecified atom stereocenters. The molecule has 1 saturated heterocycles. The predicted octanol–water partition coefficient (Wildman–Crippen LogP) is 1.70. The summed E-state index contributed by atoms with van der Waals surface area (Å²) in [4.78, 5) is 16.6. The fraction of sp³-hybridized carbons (Fsp3) is 0.333. The van der Waals surface area contributed by atoms with Gasteiger partial charge in [-0.3, -0.25) is 4.79 Å². The second kappa shape index (κ2) is 6.83. The zero-order chi connectivity index (χ0) is 19.1. The van der Waals surface area contributed by atoms with E-state index in [1.807, 2.05) is 24.0 Å². The van der Waals surface area contributed by atoms with Gasteiger partial charge in [0.15, 0.2) is 5.84 Å². The van der Waals surface area contributed by atoms with Crippen molar-refractivity contribution >= 4 is 23.1 Å². The van der Waals surface area contributed by atoms with Crippen LogP contribution in [0.2, 0.25) is 0 Å². The first-order valence-electron chi connectivity index (χ1n) is 9.64. The molecule has 0 aliphatic carbocycles. The Kier molecular flexibility index (Phi) is 4.16. The molecule has 2 N–H and O–H groups in total. The van der Waals surface area contributed by atoms with Crippen molar-refractivity contribution < 1.29 is 9.53 Å². The zero-order valence-corrected chi connectivity index (χ0v) is 15.8. The van der Waals surface area contributed by atoms with Crippen molar-refractivity contribution in [3.63, 3.8) is 0 Å². The Balaban J connectivity index is 1.52. The summed E-state index contributed by atoms with van der Waals surface area (Å²) in [6.45, 7) is 5.02. The van der Waals surface area contributed by atoms with E-state index in [4.69, 9.17) is 4.74 Å². The highest BCUT2D eigenvalue weighted by Crippen LogP contribution is 2.38. The van der Waals surface area contributed by atoms with Crippen LogP contribution < -0.4 is 25.3 Å². The zero-order valence-electron chi connectivity index (χ0n) is 15.8. The minimum atomic E-state index is -0.321. The number of nitrogens with one attached hydrogen (secondary N) is 2. The highest BCUT2D eigenvalue weighted by atomic mass is 16.5. The number of hydrogen-bond donors (Lipinski definition) is 2. The van der Waals surface area contributed by atoms with Crippen molar-refractivity contribution in [2.24, 2.45) is 5.10 Å². The van der Waals surface area contributed by atoms with Gasteiger partial charge in [-0.15, -0.1) is 0 Å². The molecule has 1 fully saturated rings. The van der Waals surface area contributed by atoms with Crippen LogP contribution in [0.4, 0.5) is 11.4 Å². The summed E-state index contributed by atoms with van der Waals surface area (Å²) < 4.78 is 5.88. The lowest BCUT2D eigenvalue weighted by atomic mass is 10.1. The quantitative estimate of drug-likeness (QED) is 0.849. The fourth-order valence-corrected chi connectivity index (χ4v) is 3.90. The maximum Gasteiger partial charge on any atom is 0.262 e. The average Bonchev–Trinajstić information content (AvgIpc) is 2.69. The number of benzene rings is 2. The van der Waals surface area contributed by atoms with Crippen LogP contribution in [-0.2, 0) is 11.3 Å². The standard InChI is InChI=1S/C21H23N5O2/c1-14-21(27)24-23-20-13-28-19-8-7-16(9-18(19)26(14)20)25(17-10-22-11-17)12-15-5-3-2-4-6-15/h2-9,14,17,22H,10-13H2,1H3,(H,24,27). The third kappa shape index (κ3) is 2.88. The molecule has 7 nitrogen and oxygen atoms in total. The number of rotatable bonds is 4. The monoisotopic (exact) mass is 377 g/mol. The van der Waals surface area contributed by atoms with E-state index >= 15 is 0 Å². The highest BCUT2D eigenvalue weighted by molar-refractivity contribution is 6.09. The lowest BCUT2D eigenvalue weighted by Gasteiger charge is -2.42. The van der Waals surface area contributed by atoms with Gasteiger partial charge in [-0.05, 0) is 30.7 Å². The van der Waals surface area contributed by atoms with Gasteiger partial charge in [0.1, 0.15) is 18.4 Å². The Hall–Kier alpha value is -3.06. The molecule has 28 heavy (non-hydrogen) atoms. The van der Waals surface area contributed by atoms with Crippen molar-refractivity contribution in [1.29, 1.82) is 0 Å². The average molecular weight is 377 g/mol. The van der Waals surface area contributed by atoms with E-state index in [0.717, 1.165) is 42.6 Å². The summed E-state index contributed by atoms with van der Waals surface area (Å²) in [5, 5.41) is 7.55. The van der Waals surface area contributed by atoms with Gasteiger partial charge < -0.3 is 19.9 Å². The SMILES string of the molecule is CC1C(=O)NN=C2COc3ccc(N(Cc4ccccc4)C4CNC4)cc3N21. The minimum Gasteiger partial charge on any atom is -0.483 e. The predicted molar refractivity (Wildman–Crippen MR) is 109 cm³/mol. The number of fused-ring (bicyclic) bond motifs is 3. The molecule has 3 aliphatic heterocycles. The third-order valence-electron chi connectivity index (χ3n) is 5.63. The smallest absolute Gasteiger partial charge is 0.262 e. The topological polar surface area (TPSA) is 69.2 Å². The summed E-state index contributed by atoms with van der Waals surface area (Å²) in [5.74, 6) is 1.42. The van der Waals surface area contributed by atoms with E-state index in [1.54, 1.807) is 0 Å². The Labute approximate surface area is 164 Å². The summed E-state index contributed by atoms with van der Waals surface area (Å²) in [6, 6.07) is 16.9. The summed E-state index contributed by atoms with van der Waals surface area (Å²) in [7, 11) is 0. The molecule has 0 radical (unpaired) electrons. The molecule has 144 valence electrons. The molecule has 0 aromatic heterocycles. The largest absolute Gasteiger partial charge is 0.483 e. The van der Waals surface area contributed by atoms with Gasteiger partial charge in [0.05, 0.1) is 11.7 Å². The van der Waals surface area contributed by atoms with Gasteiger partial charge in [-0.2, -0.15) is 5.10 Å². The first-order valence-corrected chi connectivity index (χ1v) is 9.64. The molecule has 5 rings (SSSR count). The number of amides is 1. The number of ether oxygens (including phenoxy) is 1. The Morgan fingerprint density at radius 3 is 2.79 bits per heavy atom. The van der Waals surface area contributed by atoms with Gasteiger partial charge in [-0.25, -0.2) is 5.43 Å². The summed E-state index contributed by atoms with van der Waals surface area (Å²) in [5.41, 5.74) is 5.87. The molecule has 0 bridgehead atoms. The van der Waals surface area contributed by atoms with E-state index < -0.39 is 0 Å². The summed E-state index contributed by atoms with van der Waals surface area (Å²) >= 11 is 0. The van der Waals surface area contributed by atoms with Gasteiger partial charge in [-0.1, -0.05) is 30.3 Å². The number of anilines is 2. The molecule has 1 atom stereocenters. The fourth-order valence-electron chi connectivity index (χ4n) is 3.90.